The van der Waals surface area contributed by atoms with Crippen LogP contribution in [-0.4, -0.2) is 35.9 Å². The average Bonchev–Trinajstić information content (AvgIpc) is 2.51. The molecule has 0 N–H and O–H groups in total. The predicted octanol–water partition coefficient (Wildman–Crippen LogP) is 3.27. The summed E-state index contributed by atoms with van der Waals surface area (Å²) in [5, 5.41) is 0. The minimum absolute atomic E-state index is 0.137. The van der Waals surface area contributed by atoms with Crippen LogP contribution in [0.4, 0.5) is 4.79 Å². The fraction of sp³-hybridized carbons (Fsp3) is 0.556. The summed E-state index contributed by atoms with van der Waals surface area (Å²) in [6, 6.07) is 5.75. The number of rotatable bonds is 4. The molecule has 2 rings (SSSR count). The molecule has 0 spiro atoms. The highest BCUT2D eigenvalue weighted by Gasteiger charge is 2.27. The molecule has 1 aromatic carbocycles. The van der Waals surface area contributed by atoms with E-state index >= 15 is 0 Å². The molecule has 6 nitrogen and oxygen atoms in total. The van der Waals surface area contributed by atoms with Gasteiger partial charge in [-0.25, -0.2) is 4.79 Å². The zero-order valence-electron chi connectivity index (χ0n) is 14.8. The Morgan fingerprint density at radius 2 is 2.04 bits per heavy atom. The van der Waals surface area contributed by atoms with Crippen molar-refractivity contribution in [2.75, 3.05) is 13.3 Å². The Kier molecular flexibility index (Phi) is 5.70. The third-order valence-electron chi connectivity index (χ3n) is 3.46. The Labute approximate surface area is 142 Å². The van der Waals surface area contributed by atoms with E-state index in [1.807, 2.05) is 39.0 Å². The smallest absolute Gasteiger partial charge is 0.413 e. The quantitative estimate of drug-likeness (QED) is 0.790. The van der Waals surface area contributed by atoms with Gasteiger partial charge in [-0.05, 0) is 39.7 Å². The zero-order valence-corrected chi connectivity index (χ0v) is 14.8. The lowest BCUT2D eigenvalue weighted by molar-refractivity contribution is -0.143. The number of carbonyl (C=O) groups excluding carboxylic acids is 2. The fourth-order valence-electron chi connectivity index (χ4n) is 2.45. The van der Waals surface area contributed by atoms with E-state index < -0.39 is 11.7 Å². The summed E-state index contributed by atoms with van der Waals surface area (Å²) in [4.78, 5) is 25.2. The number of amides is 1. The molecule has 1 aromatic rings. The van der Waals surface area contributed by atoms with Crippen LogP contribution in [0, 0.1) is 0 Å². The van der Waals surface area contributed by atoms with Crippen molar-refractivity contribution in [2.24, 2.45) is 0 Å². The molecule has 132 valence electrons. The van der Waals surface area contributed by atoms with Gasteiger partial charge in [0.15, 0.2) is 6.73 Å². The van der Waals surface area contributed by atoms with Crippen LogP contribution >= 0.6 is 0 Å². The predicted molar refractivity (Wildman–Crippen MR) is 88.7 cm³/mol. The summed E-state index contributed by atoms with van der Waals surface area (Å²) in [5.74, 6) is 0.530. The maximum Gasteiger partial charge on any atom is 0.413 e. The summed E-state index contributed by atoms with van der Waals surface area (Å²) in [5.41, 5.74) is 1.32. The van der Waals surface area contributed by atoms with E-state index in [0.29, 0.717) is 26.0 Å². The Hall–Kier alpha value is -2.24. The highest BCUT2D eigenvalue weighted by atomic mass is 16.6. The second-order valence-corrected chi connectivity index (χ2v) is 6.66. The van der Waals surface area contributed by atoms with Crippen molar-refractivity contribution in [1.82, 2.24) is 4.90 Å². The minimum Gasteiger partial charge on any atom is -0.472 e. The summed E-state index contributed by atoms with van der Waals surface area (Å²) in [6.07, 6.45) is 0.461. The number of benzene rings is 1. The van der Waals surface area contributed by atoms with Crippen molar-refractivity contribution in [3.05, 3.63) is 29.3 Å². The van der Waals surface area contributed by atoms with Gasteiger partial charge in [-0.15, -0.1) is 0 Å². The zero-order chi connectivity index (χ0) is 17.7. The van der Waals surface area contributed by atoms with Crippen LogP contribution in [0.1, 0.15) is 45.2 Å². The Bertz CT molecular complexity index is 606. The van der Waals surface area contributed by atoms with Gasteiger partial charge in [0.05, 0.1) is 13.2 Å². The Morgan fingerprint density at radius 3 is 2.71 bits per heavy atom. The molecule has 0 aliphatic carbocycles. The molecule has 0 saturated heterocycles. The SMILES string of the molecule is CCOC(=O)CCc1cccc2c1OCN(C(=O)OC(C)(C)C)C2. The first-order chi connectivity index (χ1) is 11.3. The molecule has 1 aliphatic heterocycles. The van der Waals surface area contributed by atoms with Gasteiger partial charge in [0.25, 0.3) is 0 Å². The Balaban J connectivity index is 2.04. The van der Waals surface area contributed by atoms with Gasteiger partial charge in [0.2, 0.25) is 0 Å². The topological polar surface area (TPSA) is 65.1 Å². The van der Waals surface area contributed by atoms with E-state index in [1.165, 1.54) is 4.90 Å². The lowest BCUT2D eigenvalue weighted by Gasteiger charge is -2.32. The first-order valence-corrected chi connectivity index (χ1v) is 8.17. The first-order valence-electron chi connectivity index (χ1n) is 8.17. The second-order valence-electron chi connectivity index (χ2n) is 6.66. The highest BCUT2D eigenvalue weighted by Crippen LogP contribution is 2.30. The minimum atomic E-state index is -0.543. The summed E-state index contributed by atoms with van der Waals surface area (Å²) < 4.78 is 16.1. The number of aryl methyl sites for hydroxylation is 1. The largest absolute Gasteiger partial charge is 0.472 e. The van der Waals surface area contributed by atoms with Crippen molar-refractivity contribution in [3.63, 3.8) is 0 Å². The molecule has 0 radical (unpaired) electrons. The number of esters is 1. The standard InChI is InChI=1S/C18H25NO5/c1-5-22-15(20)10-9-13-7-6-8-14-11-19(12-23-16(13)14)17(21)24-18(2,3)4/h6-8H,5,9-12H2,1-4H3. The maximum absolute atomic E-state index is 12.2. The second kappa shape index (κ2) is 7.55. The number of para-hydroxylation sites is 1. The number of fused-ring (bicyclic) bond motifs is 1. The summed E-state index contributed by atoms with van der Waals surface area (Å²) in [6.45, 7) is 8.23. The number of ether oxygens (including phenoxy) is 3. The van der Waals surface area contributed by atoms with Crippen molar-refractivity contribution >= 4 is 12.1 Å². The van der Waals surface area contributed by atoms with E-state index in [2.05, 4.69) is 0 Å². The van der Waals surface area contributed by atoms with Gasteiger partial charge in [-0.1, -0.05) is 18.2 Å². The molecule has 0 aromatic heterocycles. The third-order valence-corrected chi connectivity index (χ3v) is 3.46. The van der Waals surface area contributed by atoms with Crippen molar-refractivity contribution in [1.29, 1.82) is 0 Å². The molecule has 0 unspecified atom stereocenters. The monoisotopic (exact) mass is 335 g/mol. The summed E-state index contributed by atoms with van der Waals surface area (Å²) in [7, 11) is 0. The number of nitrogens with zero attached hydrogens (tertiary/aromatic N) is 1. The number of carbonyl (C=O) groups is 2. The molecule has 1 amide bonds. The molecular weight excluding hydrogens is 310 g/mol. The molecule has 0 atom stereocenters. The van der Waals surface area contributed by atoms with Crippen LogP contribution in [0.2, 0.25) is 0 Å². The normalized spacial score (nSPS) is 13.8. The van der Waals surface area contributed by atoms with Gasteiger partial charge in [0, 0.05) is 12.0 Å². The first kappa shape index (κ1) is 18.1. The number of hydrogen-bond donors (Lipinski definition) is 0. The highest BCUT2D eigenvalue weighted by molar-refractivity contribution is 5.70. The van der Waals surface area contributed by atoms with Gasteiger partial charge < -0.3 is 14.2 Å². The van der Waals surface area contributed by atoms with E-state index in [0.717, 1.165) is 16.9 Å². The van der Waals surface area contributed by atoms with E-state index in [4.69, 9.17) is 14.2 Å². The molecule has 24 heavy (non-hydrogen) atoms. The van der Waals surface area contributed by atoms with E-state index in [1.54, 1.807) is 6.92 Å². The van der Waals surface area contributed by atoms with E-state index in [9.17, 15) is 9.59 Å². The molecule has 0 bridgehead atoms. The van der Waals surface area contributed by atoms with Gasteiger partial charge in [-0.3, -0.25) is 9.69 Å². The maximum atomic E-state index is 12.2. The third kappa shape index (κ3) is 4.88. The molecule has 0 fully saturated rings. The van der Waals surface area contributed by atoms with Gasteiger partial charge >= 0.3 is 12.1 Å². The summed E-state index contributed by atoms with van der Waals surface area (Å²) >= 11 is 0. The number of hydrogen-bond acceptors (Lipinski definition) is 5. The molecule has 1 heterocycles. The van der Waals surface area contributed by atoms with Gasteiger partial charge in [-0.2, -0.15) is 0 Å². The van der Waals surface area contributed by atoms with Gasteiger partial charge in [0.1, 0.15) is 11.4 Å². The van der Waals surface area contributed by atoms with E-state index in [-0.39, 0.29) is 12.7 Å². The lowest BCUT2D eigenvalue weighted by Crippen LogP contribution is -2.41. The average molecular weight is 335 g/mol. The van der Waals surface area contributed by atoms with Crippen molar-refractivity contribution in [2.45, 2.75) is 52.7 Å². The van der Waals surface area contributed by atoms with Crippen LogP contribution in [-0.2, 0) is 27.2 Å². The molecule has 0 saturated carbocycles. The fourth-order valence-corrected chi connectivity index (χ4v) is 2.45. The van der Waals surface area contributed by atoms with Crippen molar-refractivity contribution in [3.8, 4) is 5.75 Å². The molecule has 1 aliphatic rings. The molecule has 6 heteroatoms. The van der Waals surface area contributed by atoms with Crippen LogP contribution in [0.5, 0.6) is 5.75 Å². The van der Waals surface area contributed by atoms with Crippen LogP contribution < -0.4 is 4.74 Å². The van der Waals surface area contributed by atoms with Crippen LogP contribution in [0.15, 0.2) is 18.2 Å². The lowest BCUT2D eigenvalue weighted by atomic mass is 10.0. The van der Waals surface area contributed by atoms with Crippen molar-refractivity contribution < 1.29 is 23.8 Å². The van der Waals surface area contributed by atoms with Crippen LogP contribution in [0.25, 0.3) is 0 Å². The van der Waals surface area contributed by atoms with Crippen LogP contribution in [0.3, 0.4) is 0 Å². The molecular formula is C18H25NO5. The Morgan fingerprint density at radius 1 is 1.29 bits per heavy atom.